The van der Waals surface area contributed by atoms with Crippen molar-refractivity contribution in [2.75, 3.05) is 40.9 Å². The zero-order chi connectivity index (χ0) is 54.2. The lowest BCUT2D eigenvalue weighted by Gasteiger charge is -2.29. The van der Waals surface area contributed by atoms with E-state index in [1.54, 1.807) is 6.08 Å². The minimum absolute atomic E-state index is 0.00801. The second-order valence-electron chi connectivity index (χ2n) is 22.0. The number of rotatable bonds is 56. The first kappa shape index (κ1) is 71.7. The Morgan fingerprint density at radius 3 is 1.26 bits per heavy atom. The SMILES string of the molecule is CC/C=C\C/C=C\C/C=C\C/C=C\C/C=C\CCCCCCCCCCCCCCCCCCCC(=O)NC(COP(=O)([O-])OCC[N+](C)(C)C)C(O)/C=C/CC/C=C/CCCCCCCCCCCCCCC. The molecule has 0 spiro atoms. The molecule has 0 aromatic rings. The normalized spacial score (nSPS) is 14.4. The molecular formula is C65H119N2O6P. The summed E-state index contributed by atoms with van der Waals surface area (Å²) in [7, 11) is 1.24. The van der Waals surface area contributed by atoms with Crippen molar-refractivity contribution in [2.24, 2.45) is 0 Å². The van der Waals surface area contributed by atoms with E-state index in [1.807, 2.05) is 27.2 Å². The number of nitrogens with one attached hydrogen (secondary N) is 1. The third-order valence-electron chi connectivity index (χ3n) is 13.6. The molecule has 74 heavy (non-hydrogen) atoms. The molecule has 3 unspecified atom stereocenters. The van der Waals surface area contributed by atoms with Gasteiger partial charge in [-0.25, -0.2) is 0 Å². The second kappa shape index (κ2) is 55.4. The van der Waals surface area contributed by atoms with Crippen molar-refractivity contribution < 1.29 is 32.9 Å². The summed E-state index contributed by atoms with van der Waals surface area (Å²) in [6.45, 7) is 4.53. The van der Waals surface area contributed by atoms with Gasteiger partial charge in [0.1, 0.15) is 13.2 Å². The number of amides is 1. The molecule has 0 saturated carbocycles. The molecule has 0 heterocycles. The van der Waals surface area contributed by atoms with Crippen LogP contribution in [0.15, 0.2) is 85.1 Å². The van der Waals surface area contributed by atoms with Crippen LogP contribution in [0.25, 0.3) is 0 Å². The predicted octanol–water partition coefficient (Wildman–Crippen LogP) is 18.6. The third-order valence-corrected chi connectivity index (χ3v) is 14.6. The molecule has 0 rings (SSSR count). The molecule has 3 atom stereocenters. The van der Waals surface area contributed by atoms with Crippen molar-refractivity contribution in [3.63, 3.8) is 0 Å². The lowest BCUT2D eigenvalue weighted by Crippen LogP contribution is -2.45. The topological polar surface area (TPSA) is 108 Å². The molecule has 0 aromatic carbocycles. The van der Waals surface area contributed by atoms with Gasteiger partial charge in [-0.15, -0.1) is 0 Å². The average molecular weight is 1060 g/mol. The van der Waals surface area contributed by atoms with E-state index in [2.05, 4.69) is 92.1 Å². The van der Waals surface area contributed by atoms with Gasteiger partial charge in [-0.3, -0.25) is 9.36 Å². The average Bonchev–Trinajstić information content (AvgIpc) is 3.36. The predicted molar refractivity (Wildman–Crippen MR) is 320 cm³/mol. The van der Waals surface area contributed by atoms with Crippen molar-refractivity contribution in [2.45, 2.75) is 283 Å². The number of aliphatic hydroxyl groups is 1. The van der Waals surface area contributed by atoms with E-state index in [0.29, 0.717) is 17.4 Å². The smallest absolute Gasteiger partial charge is 0.268 e. The number of phosphoric acid groups is 1. The number of nitrogens with zero attached hydrogens (tertiary/aromatic N) is 1. The van der Waals surface area contributed by atoms with Gasteiger partial charge in [0.05, 0.1) is 39.9 Å². The van der Waals surface area contributed by atoms with Crippen LogP contribution in [0.3, 0.4) is 0 Å². The van der Waals surface area contributed by atoms with Crippen LogP contribution in [-0.4, -0.2) is 68.5 Å². The number of allylic oxidation sites excluding steroid dienone is 13. The number of unbranched alkanes of at least 4 members (excludes halogenated alkanes) is 31. The number of phosphoric ester groups is 1. The highest BCUT2D eigenvalue weighted by Crippen LogP contribution is 2.38. The van der Waals surface area contributed by atoms with E-state index in [1.165, 1.54) is 180 Å². The van der Waals surface area contributed by atoms with Gasteiger partial charge in [-0.05, 0) is 77.0 Å². The van der Waals surface area contributed by atoms with Crippen molar-refractivity contribution >= 4 is 13.7 Å². The number of likely N-dealkylation sites (N-methyl/N-ethyl adjacent to an activating group) is 1. The van der Waals surface area contributed by atoms with Gasteiger partial charge >= 0.3 is 0 Å². The van der Waals surface area contributed by atoms with E-state index >= 15 is 0 Å². The van der Waals surface area contributed by atoms with E-state index in [-0.39, 0.29) is 12.5 Å². The summed E-state index contributed by atoms with van der Waals surface area (Å²) in [5.74, 6) is -0.207. The molecule has 0 aromatic heterocycles. The first-order valence-electron chi connectivity index (χ1n) is 30.9. The Hall–Kier alpha value is -2.32. The molecule has 0 saturated heterocycles. The van der Waals surface area contributed by atoms with Crippen LogP contribution in [0.5, 0.6) is 0 Å². The van der Waals surface area contributed by atoms with Crippen molar-refractivity contribution in [3.05, 3.63) is 85.1 Å². The van der Waals surface area contributed by atoms with Crippen molar-refractivity contribution in [3.8, 4) is 0 Å². The van der Waals surface area contributed by atoms with Crippen LogP contribution < -0.4 is 10.2 Å². The van der Waals surface area contributed by atoms with E-state index in [4.69, 9.17) is 9.05 Å². The molecule has 0 aliphatic carbocycles. The van der Waals surface area contributed by atoms with Crippen LogP contribution in [0.1, 0.15) is 271 Å². The summed E-state index contributed by atoms with van der Waals surface area (Å²) in [5.41, 5.74) is 0. The number of hydrogen-bond donors (Lipinski definition) is 2. The molecule has 2 N–H and O–H groups in total. The maximum absolute atomic E-state index is 13.0. The maximum Gasteiger partial charge on any atom is 0.268 e. The molecule has 0 bridgehead atoms. The Morgan fingerprint density at radius 1 is 0.486 bits per heavy atom. The van der Waals surface area contributed by atoms with Crippen molar-refractivity contribution in [1.29, 1.82) is 0 Å². The van der Waals surface area contributed by atoms with E-state index < -0.39 is 26.6 Å². The molecule has 0 aliphatic rings. The number of aliphatic hydroxyl groups excluding tert-OH is 1. The van der Waals surface area contributed by atoms with Gasteiger partial charge in [-0.2, -0.15) is 0 Å². The minimum Gasteiger partial charge on any atom is -0.756 e. The summed E-state index contributed by atoms with van der Waals surface area (Å²) < 4.78 is 23.4. The summed E-state index contributed by atoms with van der Waals surface area (Å²) in [6, 6.07) is -0.907. The highest BCUT2D eigenvalue weighted by Gasteiger charge is 2.23. The molecule has 430 valence electrons. The van der Waals surface area contributed by atoms with Crippen LogP contribution in [0, 0.1) is 0 Å². The quantitative estimate of drug-likeness (QED) is 0.0272. The lowest BCUT2D eigenvalue weighted by molar-refractivity contribution is -0.870. The molecule has 0 fully saturated rings. The van der Waals surface area contributed by atoms with E-state index in [0.717, 1.165) is 70.6 Å². The van der Waals surface area contributed by atoms with Crippen LogP contribution >= 0.6 is 7.82 Å². The Kier molecular flexibility index (Phi) is 53.7. The summed E-state index contributed by atoms with van der Waals surface area (Å²) >= 11 is 0. The van der Waals surface area contributed by atoms with Crippen LogP contribution in [-0.2, 0) is 18.4 Å². The van der Waals surface area contributed by atoms with Gasteiger partial charge in [0.2, 0.25) is 5.91 Å². The Balaban J connectivity index is 4.12. The van der Waals surface area contributed by atoms with Gasteiger partial charge in [0, 0.05) is 6.42 Å². The summed E-state index contributed by atoms with van der Waals surface area (Å²) in [6.07, 6.45) is 78.2. The highest BCUT2D eigenvalue weighted by molar-refractivity contribution is 7.45. The number of hydrogen-bond acceptors (Lipinski definition) is 6. The van der Waals surface area contributed by atoms with E-state index in [9.17, 15) is 19.4 Å². The second-order valence-corrected chi connectivity index (χ2v) is 23.4. The van der Waals surface area contributed by atoms with Gasteiger partial charge in [0.25, 0.3) is 7.82 Å². The van der Waals surface area contributed by atoms with Gasteiger partial charge in [-0.1, -0.05) is 272 Å². The fourth-order valence-electron chi connectivity index (χ4n) is 8.79. The molecular weight excluding hydrogens is 936 g/mol. The van der Waals surface area contributed by atoms with Gasteiger partial charge < -0.3 is 28.8 Å². The Labute approximate surface area is 458 Å². The minimum atomic E-state index is -4.61. The van der Waals surface area contributed by atoms with Crippen molar-refractivity contribution in [1.82, 2.24) is 5.32 Å². The standard InChI is InChI=1S/C65H119N2O6P/c1-6-8-10-12-14-16-18-20-22-24-26-27-28-29-30-31-32-33-34-35-36-37-38-39-41-43-45-47-49-51-53-55-57-59-65(69)66-63(62-73-74(70,71)72-61-60-67(3,4)5)64(68)58-56-54-52-50-48-46-44-42-40-25-23-21-19-17-15-13-11-9-7-2/h8,10,14,16,20,22,26-27,29-30,48,50,56,58,63-64,68H,6-7,9,11-13,15,17-19,21,23-25,28,31-47,49,51-55,57,59-62H2,1-5H3,(H-,66,69,70,71)/b10-8-,16-14-,22-20-,27-26-,30-29-,50-48+,58-56+. The largest absolute Gasteiger partial charge is 0.756 e. The first-order chi connectivity index (χ1) is 36.0. The zero-order valence-electron chi connectivity index (χ0n) is 49.0. The fourth-order valence-corrected chi connectivity index (χ4v) is 9.51. The van der Waals surface area contributed by atoms with Crippen LogP contribution in [0.2, 0.25) is 0 Å². The molecule has 0 radical (unpaired) electrons. The first-order valence-corrected chi connectivity index (χ1v) is 32.4. The molecule has 0 aliphatic heterocycles. The number of carbonyl (C=O) groups is 1. The van der Waals surface area contributed by atoms with Gasteiger partial charge in [0.15, 0.2) is 0 Å². The third kappa shape index (κ3) is 57.4. The summed E-state index contributed by atoms with van der Waals surface area (Å²) in [4.78, 5) is 25.5. The summed E-state index contributed by atoms with van der Waals surface area (Å²) in [5, 5.41) is 13.9. The zero-order valence-corrected chi connectivity index (χ0v) is 49.9. The molecule has 9 heteroatoms. The highest BCUT2D eigenvalue weighted by atomic mass is 31.2. The number of carbonyl (C=O) groups excluding carboxylic acids is 1. The lowest BCUT2D eigenvalue weighted by atomic mass is 10.0. The maximum atomic E-state index is 13.0. The molecule has 1 amide bonds. The Bertz CT molecular complexity index is 1480. The number of quaternary nitrogens is 1. The fraction of sp³-hybridized carbons (Fsp3) is 0.769. The Morgan fingerprint density at radius 2 is 0.838 bits per heavy atom. The monoisotopic (exact) mass is 1050 g/mol. The molecule has 8 nitrogen and oxygen atoms in total. The van der Waals surface area contributed by atoms with Crippen LogP contribution in [0.4, 0.5) is 0 Å².